The molecule has 4 heteroatoms. The Bertz CT molecular complexity index is 314. The van der Waals surface area contributed by atoms with Crippen molar-refractivity contribution < 1.29 is 14.3 Å². The number of pyridine rings is 1. The van der Waals surface area contributed by atoms with Crippen LogP contribution in [0.2, 0.25) is 0 Å². The first-order valence-electron chi connectivity index (χ1n) is 5.96. The topological polar surface area (TPSA) is 48.4 Å². The van der Waals surface area contributed by atoms with Crippen molar-refractivity contribution >= 4 is 5.97 Å². The molecule has 0 unspecified atom stereocenters. The molecule has 1 heterocycles. The van der Waals surface area contributed by atoms with Crippen LogP contribution in [0, 0.1) is 0 Å². The summed E-state index contributed by atoms with van der Waals surface area (Å²) in [6.07, 6.45) is 5.77. The molecule has 0 saturated heterocycles. The Morgan fingerprint density at radius 3 is 2.59 bits per heavy atom. The third-order valence-electron chi connectivity index (χ3n) is 2.23. The first-order chi connectivity index (χ1) is 8.29. The average Bonchev–Trinajstić information content (AvgIpc) is 2.33. The van der Waals surface area contributed by atoms with Crippen LogP contribution in [0.4, 0.5) is 0 Å². The quantitative estimate of drug-likeness (QED) is 0.515. The van der Waals surface area contributed by atoms with Crippen LogP contribution in [0.3, 0.4) is 0 Å². The molecule has 17 heavy (non-hydrogen) atoms. The third-order valence-corrected chi connectivity index (χ3v) is 2.23. The van der Waals surface area contributed by atoms with Gasteiger partial charge in [0.25, 0.3) is 0 Å². The number of aromatic nitrogens is 1. The van der Waals surface area contributed by atoms with Gasteiger partial charge in [0, 0.05) is 19.2 Å². The summed E-state index contributed by atoms with van der Waals surface area (Å²) in [5, 5.41) is 0. The Morgan fingerprint density at radius 2 is 1.94 bits per heavy atom. The standard InChI is InChI=1S/C13H19NO3/c1-12(15)16-10-6-2-3-7-11-17-13-8-4-5-9-14-13/h4-5,8-9H,2-3,6-7,10-11H2,1H3. The smallest absolute Gasteiger partial charge is 0.302 e. The summed E-state index contributed by atoms with van der Waals surface area (Å²) < 4.78 is 10.3. The minimum Gasteiger partial charge on any atom is -0.478 e. The highest BCUT2D eigenvalue weighted by Gasteiger charge is 1.95. The Labute approximate surface area is 102 Å². The van der Waals surface area contributed by atoms with Crippen LogP contribution in [-0.4, -0.2) is 24.2 Å². The van der Waals surface area contributed by atoms with E-state index in [0.717, 1.165) is 25.7 Å². The van der Waals surface area contributed by atoms with E-state index < -0.39 is 0 Å². The number of rotatable bonds is 8. The fourth-order valence-corrected chi connectivity index (χ4v) is 1.38. The molecule has 0 aromatic carbocycles. The monoisotopic (exact) mass is 237 g/mol. The van der Waals surface area contributed by atoms with Gasteiger partial charge in [-0.3, -0.25) is 4.79 Å². The van der Waals surface area contributed by atoms with Crippen LogP contribution in [0.25, 0.3) is 0 Å². The van der Waals surface area contributed by atoms with Gasteiger partial charge in [-0.1, -0.05) is 6.07 Å². The van der Waals surface area contributed by atoms with Crippen molar-refractivity contribution in [3.63, 3.8) is 0 Å². The lowest BCUT2D eigenvalue weighted by Crippen LogP contribution is -2.01. The molecule has 0 saturated carbocycles. The van der Waals surface area contributed by atoms with Crippen LogP contribution in [0.15, 0.2) is 24.4 Å². The molecule has 0 aliphatic carbocycles. The predicted molar refractivity (Wildman–Crippen MR) is 64.8 cm³/mol. The maximum Gasteiger partial charge on any atom is 0.302 e. The van der Waals surface area contributed by atoms with Gasteiger partial charge in [0.1, 0.15) is 0 Å². The molecular formula is C13H19NO3. The molecule has 1 aromatic heterocycles. The lowest BCUT2D eigenvalue weighted by Gasteiger charge is -2.04. The van der Waals surface area contributed by atoms with Crippen molar-refractivity contribution in [2.45, 2.75) is 32.6 Å². The molecule has 1 rings (SSSR count). The van der Waals surface area contributed by atoms with Crippen molar-refractivity contribution in [1.82, 2.24) is 4.98 Å². The number of hydrogen-bond donors (Lipinski definition) is 0. The summed E-state index contributed by atoms with van der Waals surface area (Å²) in [7, 11) is 0. The van der Waals surface area contributed by atoms with Crippen molar-refractivity contribution in [3.05, 3.63) is 24.4 Å². The normalized spacial score (nSPS) is 9.94. The Morgan fingerprint density at radius 1 is 1.18 bits per heavy atom. The van der Waals surface area contributed by atoms with Gasteiger partial charge in [-0.05, 0) is 31.7 Å². The summed E-state index contributed by atoms with van der Waals surface area (Å²) in [6.45, 7) is 2.64. The summed E-state index contributed by atoms with van der Waals surface area (Å²) >= 11 is 0. The number of unbranched alkanes of at least 4 members (excludes halogenated alkanes) is 3. The van der Waals surface area contributed by atoms with Crippen LogP contribution >= 0.6 is 0 Å². The molecule has 1 aromatic rings. The molecule has 0 fully saturated rings. The Kier molecular flexibility index (Phi) is 6.79. The number of carbonyl (C=O) groups is 1. The van der Waals surface area contributed by atoms with E-state index in [0.29, 0.717) is 19.1 Å². The third kappa shape index (κ3) is 7.33. The zero-order chi connectivity index (χ0) is 12.3. The van der Waals surface area contributed by atoms with Gasteiger partial charge in [0.15, 0.2) is 0 Å². The maximum absolute atomic E-state index is 10.5. The fraction of sp³-hybridized carbons (Fsp3) is 0.538. The van der Waals surface area contributed by atoms with E-state index in [4.69, 9.17) is 9.47 Å². The number of esters is 1. The zero-order valence-electron chi connectivity index (χ0n) is 10.2. The van der Waals surface area contributed by atoms with Crippen molar-refractivity contribution in [2.75, 3.05) is 13.2 Å². The summed E-state index contributed by atoms with van der Waals surface area (Å²) in [6, 6.07) is 5.62. The molecule has 0 radical (unpaired) electrons. The van der Waals surface area contributed by atoms with Crippen LogP contribution in [-0.2, 0) is 9.53 Å². The molecule has 0 aliphatic heterocycles. The van der Waals surface area contributed by atoms with Gasteiger partial charge in [-0.15, -0.1) is 0 Å². The van der Waals surface area contributed by atoms with E-state index >= 15 is 0 Å². The van der Waals surface area contributed by atoms with Gasteiger partial charge >= 0.3 is 5.97 Å². The predicted octanol–water partition coefficient (Wildman–Crippen LogP) is 2.58. The number of ether oxygens (including phenoxy) is 2. The van der Waals surface area contributed by atoms with E-state index in [-0.39, 0.29) is 5.97 Å². The first-order valence-corrected chi connectivity index (χ1v) is 5.96. The van der Waals surface area contributed by atoms with Crippen molar-refractivity contribution in [3.8, 4) is 5.88 Å². The van der Waals surface area contributed by atoms with Crippen molar-refractivity contribution in [1.29, 1.82) is 0 Å². The average molecular weight is 237 g/mol. The fourth-order valence-electron chi connectivity index (χ4n) is 1.38. The van der Waals surface area contributed by atoms with Gasteiger partial charge in [-0.2, -0.15) is 0 Å². The molecule has 0 aliphatic rings. The van der Waals surface area contributed by atoms with Crippen LogP contribution in [0.1, 0.15) is 32.6 Å². The molecule has 0 amide bonds. The Balaban J connectivity index is 1.90. The Hall–Kier alpha value is -1.58. The maximum atomic E-state index is 10.5. The minimum absolute atomic E-state index is 0.205. The summed E-state index contributed by atoms with van der Waals surface area (Å²) in [5.74, 6) is 0.468. The first kappa shape index (κ1) is 13.5. The molecule has 0 spiro atoms. The zero-order valence-corrected chi connectivity index (χ0v) is 10.2. The second kappa shape index (κ2) is 8.56. The van der Waals surface area contributed by atoms with E-state index in [2.05, 4.69) is 4.98 Å². The van der Waals surface area contributed by atoms with Crippen LogP contribution < -0.4 is 4.74 Å². The molecule has 94 valence electrons. The highest BCUT2D eigenvalue weighted by Crippen LogP contribution is 2.06. The number of carbonyl (C=O) groups excluding carboxylic acids is 1. The number of nitrogens with zero attached hydrogens (tertiary/aromatic N) is 1. The van der Waals surface area contributed by atoms with Gasteiger partial charge in [0.2, 0.25) is 5.88 Å². The highest BCUT2D eigenvalue weighted by molar-refractivity contribution is 5.65. The largest absolute Gasteiger partial charge is 0.478 e. The summed E-state index contributed by atoms with van der Waals surface area (Å²) in [5.41, 5.74) is 0. The van der Waals surface area contributed by atoms with E-state index in [1.54, 1.807) is 6.20 Å². The lowest BCUT2D eigenvalue weighted by atomic mass is 10.2. The SMILES string of the molecule is CC(=O)OCCCCCCOc1ccccn1. The lowest BCUT2D eigenvalue weighted by molar-refractivity contribution is -0.141. The van der Waals surface area contributed by atoms with Gasteiger partial charge in [0.05, 0.1) is 13.2 Å². The minimum atomic E-state index is -0.205. The van der Waals surface area contributed by atoms with Crippen LogP contribution in [0.5, 0.6) is 5.88 Å². The summed E-state index contributed by atoms with van der Waals surface area (Å²) in [4.78, 5) is 14.6. The molecule has 4 nitrogen and oxygen atoms in total. The van der Waals surface area contributed by atoms with E-state index in [1.807, 2.05) is 18.2 Å². The van der Waals surface area contributed by atoms with E-state index in [1.165, 1.54) is 6.92 Å². The van der Waals surface area contributed by atoms with Gasteiger partial charge in [-0.25, -0.2) is 4.98 Å². The number of hydrogen-bond acceptors (Lipinski definition) is 4. The molecule has 0 bridgehead atoms. The highest BCUT2D eigenvalue weighted by atomic mass is 16.5. The van der Waals surface area contributed by atoms with Crippen molar-refractivity contribution in [2.24, 2.45) is 0 Å². The molecular weight excluding hydrogens is 218 g/mol. The van der Waals surface area contributed by atoms with E-state index in [9.17, 15) is 4.79 Å². The van der Waals surface area contributed by atoms with Gasteiger partial charge < -0.3 is 9.47 Å². The molecule has 0 N–H and O–H groups in total. The second-order valence-corrected chi connectivity index (χ2v) is 3.77. The second-order valence-electron chi connectivity index (χ2n) is 3.77. The molecule has 0 atom stereocenters.